The quantitative estimate of drug-likeness (QED) is 0.490. The molecule has 0 spiro atoms. The number of hydrogen-bond acceptors (Lipinski definition) is 2. The van der Waals surface area contributed by atoms with E-state index in [1.54, 1.807) is 0 Å². The molecule has 0 fully saturated rings. The summed E-state index contributed by atoms with van der Waals surface area (Å²) in [6, 6.07) is 8.07. The van der Waals surface area contributed by atoms with Crippen molar-refractivity contribution in [3.05, 3.63) is 34.3 Å². The van der Waals surface area contributed by atoms with Crippen LogP contribution in [0.25, 0.3) is 0 Å². The van der Waals surface area contributed by atoms with Crippen LogP contribution in [-0.4, -0.2) is 5.91 Å². The summed E-state index contributed by atoms with van der Waals surface area (Å²) in [5.74, 6) is 4.86. The average Bonchev–Trinajstić information content (AvgIpc) is 2.17. The lowest BCUT2D eigenvalue weighted by atomic mass is 10.1. The van der Waals surface area contributed by atoms with Crippen LogP contribution in [0.5, 0.6) is 0 Å². The summed E-state index contributed by atoms with van der Waals surface area (Å²) in [7, 11) is 0. The third-order valence-corrected chi connectivity index (χ3v) is 2.41. The van der Waals surface area contributed by atoms with Crippen LogP contribution >= 0.6 is 15.9 Å². The molecule has 0 saturated heterocycles. The molecule has 0 aliphatic carbocycles. The van der Waals surface area contributed by atoms with Gasteiger partial charge in [0.1, 0.15) is 0 Å². The van der Waals surface area contributed by atoms with Gasteiger partial charge in [-0.25, -0.2) is 5.84 Å². The largest absolute Gasteiger partial charge is 0.294 e. The molecule has 0 bridgehead atoms. The van der Waals surface area contributed by atoms with Crippen LogP contribution < -0.4 is 11.3 Å². The Morgan fingerprint density at radius 2 is 2.29 bits per heavy atom. The molecule has 76 valence electrons. The fourth-order valence-corrected chi connectivity index (χ4v) is 1.66. The number of amides is 1. The van der Waals surface area contributed by atoms with Gasteiger partial charge in [0, 0.05) is 10.9 Å². The molecule has 4 heteroatoms. The van der Waals surface area contributed by atoms with Crippen LogP contribution in [0.4, 0.5) is 0 Å². The lowest BCUT2D eigenvalue weighted by Crippen LogP contribution is -2.29. The minimum atomic E-state index is -0.111. The molecule has 1 rings (SSSR count). The summed E-state index contributed by atoms with van der Waals surface area (Å²) in [6.45, 7) is 0. The van der Waals surface area contributed by atoms with Crippen LogP contribution in [0.15, 0.2) is 28.7 Å². The fraction of sp³-hybridized carbons (Fsp3) is 0.300. The summed E-state index contributed by atoms with van der Waals surface area (Å²) in [5, 5.41) is 0. The molecule has 0 aliphatic rings. The topological polar surface area (TPSA) is 55.1 Å². The molecule has 0 saturated carbocycles. The number of carbonyl (C=O) groups excluding carboxylic acids is 1. The summed E-state index contributed by atoms with van der Waals surface area (Å²) >= 11 is 3.40. The Hall–Kier alpha value is -0.870. The molecule has 0 aromatic heterocycles. The zero-order valence-electron chi connectivity index (χ0n) is 7.79. The summed E-state index contributed by atoms with van der Waals surface area (Å²) in [5.41, 5.74) is 3.34. The predicted molar refractivity (Wildman–Crippen MR) is 59.4 cm³/mol. The first-order valence-corrected chi connectivity index (χ1v) is 5.25. The second-order valence-corrected chi connectivity index (χ2v) is 3.97. The minimum absolute atomic E-state index is 0.111. The number of halogens is 1. The summed E-state index contributed by atoms with van der Waals surface area (Å²) in [6.07, 6.45) is 2.19. The van der Waals surface area contributed by atoms with Gasteiger partial charge in [-0.05, 0) is 30.5 Å². The molecular formula is C10H13BrN2O. The van der Waals surface area contributed by atoms with E-state index in [0.29, 0.717) is 6.42 Å². The molecular weight excluding hydrogens is 244 g/mol. The summed E-state index contributed by atoms with van der Waals surface area (Å²) in [4.78, 5) is 10.8. The van der Waals surface area contributed by atoms with Gasteiger partial charge in [0.05, 0.1) is 0 Å². The van der Waals surface area contributed by atoms with Gasteiger partial charge in [-0.1, -0.05) is 28.1 Å². The monoisotopic (exact) mass is 256 g/mol. The highest BCUT2D eigenvalue weighted by Crippen LogP contribution is 2.13. The van der Waals surface area contributed by atoms with E-state index in [1.807, 2.05) is 18.2 Å². The maximum absolute atomic E-state index is 10.8. The molecule has 0 unspecified atom stereocenters. The van der Waals surface area contributed by atoms with Crippen LogP contribution in [0.1, 0.15) is 18.4 Å². The van der Waals surface area contributed by atoms with E-state index in [9.17, 15) is 4.79 Å². The molecule has 3 N–H and O–H groups in total. The van der Waals surface area contributed by atoms with Gasteiger partial charge in [0.2, 0.25) is 5.91 Å². The lowest BCUT2D eigenvalue weighted by Gasteiger charge is -2.01. The first-order chi connectivity index (χ1) is 6.72. The Bertz CT molecular complexity index is 315. The van der Waals surface area contributed by atoms with E-state index < -0.39 is 0 Å². The highest BCUT2D eigenvalue weighted by atomic mass is 79.9. The number of nitrogens with two attached hydrogens (primary N) is 1. The van der Waals surface area contributed by atoms with Gasteiger partial charge in [-0.2, -0.15) is 0 Å². The Morgan fingerprint density at radius 1 is 1.50 bits per heavy atom. The van der Waals surface area contributed by atoms with E-state index >= 15 is 0 Å². The number of benzene rings is 1. The SMILES string of the molecule is NNC(=O)CCCc1cccc(Br)c1. The van der Waals surface area contributed by atoms with Crippen molar-refractivity contribution in [1.82, 2.24) is 5.43 Å². The molecule has 1 amide bonds. The van der Waals surface area contributed by atoms with E-state index in [2.05, 4.69) is 27.4 Å². The van der Waals surface area contributed by atoms with E-state index in [0.717, 1.165) is 17.3 Å². The molecule has 0 atom stereocenters. The van der Waals surface area contributed by atoms with Gasteiger partial charge in [-0.15, -0.1) is 0 Å². The van der Waals surface area contributed by atoms with Crippen molar-refractivity contribution in [2.75, 3.05) is 0 Å². The number of hydrogen-bond donors (Lipinski definition) is 2. The van der Waals surface area contributed by atoms with Crippen molar-refractivity contribution in [2.45, 2.75) is 19.3 Å². The van der Waals surface area contributed by atoms with E-state index in [4.69, 9.17) is 5.84 Å². The standard InChI is InChI=1S/C10H13BrN2O/c11-9-5-1-3-8(7-9)4-2-6-10(14)13-12/h1,3,5,7H,2,4,6,12H2,(H,13,14). The number of rotatable bonds is 4. The van der Waals surface area contributed by atoms with Gasteiger partial charge >= 0.3 is 0 Å². The molecule has 0 heterocycles. The Labute approximate surface area is 91.8 Å². The maximum atomic E-state index is 10.8. The third kappa shape index (κ3) is 3.89. The molecule has 3 nitrogen and oxygen atoms in total. The number of aryl methyl sites for hydroxylation is 1. The Kier molecular flexibility index (Phi) is 4.62. The molecule has 1 aromatic rings. The van der Waals surface area contributed by atoms with Crippen molar-refractivity contribution in [2.24, 2.45) is 5.84 Å². The van der Waals surface area contributed by atoms with E-state index in [1.165, 1.54) is 5.56 Å². The van der Waals surface area contributed by atoms with Crippen molar-refractivity contribution >= 4 is 21.8 Å². The number of carbonyl (C=O) groups is 1. The highest BCUT2D eigenvalue weighted by Gasteiger charge is 1.99. The molecule has 1 aromatic carbocycles. The first kappa shape index (κ1) is 11.2. The van der Waals surface area contributed by atoms with Crippen LogP contribution in [0.3, 0.4) is 0 Å². The second kappa shape index (κ2) is 5.78. The lowest BCUT2D eigenvalue weighted by molar-refractivity contribution is -0.121. The van der Waals surface area contributed by atoms with Crippen LogP contribution in [0, 0.1) is 0 Å². The van der Waals surface area contributed by atoms with E-state index in [-0.39, 0.29) is 5.91 Å². The molecule has 14 heavy (non-hydrogen) atoms. The number of nitrogens with one attached hydrogen (secondary N) is 1. The summed E-state index contributed by atoms with van der Waals surface area (Å²) < 4.78 is 1.07. The minimum Gasteiger partial charge on any atom is -0.294 e. The van der Waals surface area contributed by atoms with Crippen molar-refractivity contribution in [3.63, 3.8) is 0 Å². The Balaban J connectivity index is 2.35. The predicted octanol–water partition coefficient (Wildman–Crippen LogP) is 1.76. The fourth-order valence-electron chi connectivity index (χ4n) is 1.22. The van der Waals surface area contributed by atoms with Gasteiger partial charge < -0.3 is 0 Å². The smallest absolute Gasteiger partial charge is 0.233 e. The zero-order chi connectivity index (χ0) is 10.4. The third-order valence-electron chi connectivity index (χ3n) is 1.92. The van der Waals surface area contributed by atoms with Crippen molar-refractivity contribution in [1.29, 1.82) is 0 Å². The highest BCUT2D eigenvalue weighted by molar-refractivity contribution is 9.10. The van der Waals surface area contributed by atoms with Gasteiger partial charge in [0.15, 0.2) is 0 Å². The van der Waals surface area contributed by atoms with Crippen molar-refractivity contribution < 1.29 is 4.79 Å². The zero-order valence-corrected chi connectivity index (χ0v) is 9.38. The molecule has 0 aliphatic heterocycles. The normalized spacial score (nSPS) is 9.86. The van der Waals surface area contributed by atoms with Gasteiger partial charge in [-0.3, -0.25) is 10.2 Å². The first-order valence-electron chi connectivity index (χ1n) is 4.46. The number of hydrazine groups is 1. The van der Waals surface area contributed by atoms with Crippen LogP contribution in [-0.2, 0) is 11.2 Å². The molecule has 0 radical (unpaired) electrons. The van der Waals surface area contributed by atoms with Gasteiger partial charge in [0.25, 0.3) is 0 Å². The van der Waals surface area contributed by atoms with Crippen molar-refractivity contribution in [3.8, 4) is 0 Å². The average molecular weight is 257 g/mol. The maximum Gasteiger partial charge on any atom is 0.233 e. The second-order valence-electron chi connectivity index (χ2n) is 3.05. The van der Waals surface area contributed by atoms with Crippen LogP contribution in [0.2, 0.25) is 0 Å². The Morgan fingerprint density at radius 3 is 2.93 bits per heavy atom.